The molecular formula is C21H25NO6. The number of hydrogen-bond donors (Lipinski definition) is 2. The molecule has 3 rings (SSSR count). The third-order valence-corrected chi connectivity index (χ3v) is 4.74. The van der Waals surface area contributed by atoms with E-state index in [0.29, 0.717) is 28.7 Å². The molecule has 150 valence electrons. The van der Waals surface area contributed by atoms with E-state index < -0.39 is 6.10 Å². The average molecular weight is 387 g/mol. The largest absolute Gasteiger partial charge is 0.493 e. The van der Waals surface area contributed by atoms with Gasteiger partial charge in [-0.15, -0.1) is 0 Å². The summed E-state index contributed by atoms with van der Waals surface area (Å²) in [4.78, 5) is 12.4. The SMILES string of the molecule is COc1cc(NC(=O)COc2cccc3c2CCCC3O)cc(OC)c1OC. The van der Waals surface area contributed by atoms with Crippen LogP contribution in [0.5, 0.6) is 23.0 Å². The molecule has 0 fully saturated rings. The molecule has 2 aromatic carbocycles. The number of aliphatic hydroxyl groups is 1. The molecule has 1 unspecified atom stereocenters. The van der Waals surface area contributed by atoms with Crippen molar-refractivity contribution in [3.8, 4) is 23.0 Å². The summed E-state index contributed by atoms with van der Waals surface area (Å²) < 4.78 is 21.6. The maximum atomic E-state index is 12.4. The monoisotopic (exact) mass is 387 g/mol. The van der Waals surface area contributed by atoms with Crippen molar-refractivity contribution in [1.29, 1.82) is 0 Å². The molecule has 0 heterocycles. The van der Waals surface area contributed by atoms with E-state index in [0.717, 1.165) is 30.4 Å². The summed E-state index contributed by atoms with van der Waals surface area (Å²) >= 11 is 0. The molecule has 0 spiro atoms. The molecule has 2 N–H and O–H groups in total. The Morgan fingerprint density at radius 2 is 1.82 bits per heavy atom. The van der Waals surface area contributed by atoms with E-state index in [4.69, 9.17) is 18.9 Å². The molecule has 0 aromatic heterocycles. The maximum Gasteiger partial charge on any atom is 0.262 e. The van der Waals surface area contributed by atoms with Crippen molar-refractivity contribution in [3.63, 3.8) is 0 Å². The Morgan fingerprint density at radius 1 is 1.11 bits per heavy atom. The van der Waals surface area contributed by atoms with E-state index in [-0.39, 0.29) is 12.5 Å². The van der Waals surface area contributed by atoms with Crippen LogP contribution in [0, 0.1) is 0 Å². The highest BCUT2D eigenvalue weighted by Gasteiger charge is 2.21. The summed E-state index contributed by atoms with van der Waals surface area (Å²) in [6.07, 6.45) is 2.00. The fraction of sp³-hybridized carbons (Fsp3) is 0.381. The number of nitrogens with one attached hydrogen (secondary N) is 1. The predicted octanol–water partition coefficient (Wildman–Crippen LogP) is 3.10. The van der Waals surface area contributed by atoms with Crippen molar-refractivity contribution < 1.29 is 28.8 Å². The van der Waals surface area contributed by atoms with Gasteiger partial charge >= 0.3 is 0 Å². The molecule has 0 saturated heterocycles. The van der Waals surface area contributed by atoms with Crippen LogP contribution >= 0.6 is 0 Å². The molecule has 0 bridgehead atoms. The fourth-order valence-corrected chi connectivity index (χ4v) is 3.42. The predicted molar refractivity (Wildman–Crippen MR) is 105 cm³/mol. The van der Waals surface area contributed by atoms with Crippen LogP contribution in [0.15, 0.2) is 30.3 Å². The first-order valence-electron chi connectivity index (χ1n) is 9.09. The van der Waals surface area contributed by atoms with Crippen LogP contribution in [0.1, 0.15) is 30.1 Å². The van der Waals surface area contributed by atoms with E-state index >= 15 is 0 Å². The number of fused-ring (bicyclic) bond motifs is 1. The highest BCUT2D eigenvalue weighted by Crippen LogP contribution is 2.40. The first-order chi connectivity index (χ1) is 13.6. The number of carbonyl (C=O) groups excluding carboxylic acids is 1. The van der Waals surface area contributed by atoms with Gasteiger partial charge in [0, 0.05) is 17.8 Å². The molecule has 0 saturated carbocycles. The molecule has 2 aromatic rings. The normalized spacial score (nSPS) is 15.4. The summed E-state index contributed by atoms with van der Waals surface area (Å²) in [5.74, 6) is 1.67. The Kier molecular flexibility index (Phi) is 6.26. The van der Waals surface area contributed by atoms with Crippen molar-refractivity contribution in [3.05, 3.63) is 41.5 Å². The van der Waals surface area contributed by atoms with Crippen LogP contribution < -0.4 is 24.3 Å². The van der Waals surface area contributed by atoms with Crippen molar-refractivity contribution >= 4 is 11.6 Å². The third-order valence-electron chi connectivity index (χ3n) is 4.74. The summed E-state index contributed by atoms with van der Waals surface area (Å²) in [7, 11) is 4.54. The summed E-state index contributed by atoms with van der Waals surface area (Å²) in [5, 5.41) is 12.9. The van der Waals surface area contributed by atoms with Gasteiger partial charge in [0.25, 0.3) is 5.91 Å². The first kappa shape index (κ1) is 19.8. The number of methoxy groups -OCH3 is 3. The Labute approximate surface area is 164 Å². The number of hydrogen-bond acceptors (Lipinski definition) is 6. The van der Waals surface area contributed by atoms with E-state index in [1.165, 1.54) is 21.3 Å². The average Bonchev–Trinajstić information content (AvgIpc) is 2.71. The zero-order valence-electron chi connectivity index (χ0n) is 16.3. The lowest BCUT2D eigenvalue weighted by Crippen LogP contribution is -2.21. The van der Waals surface area contributed by atoms with Crippen LogP contribution in [-0.4, -0.2) is 38.9 Å². The first-order valence-corrected chi connectivity index (χ1v) is 9.09. The summed E-state index contributed by atoms with van der Waals surface area (Å²) in [6.45, 7) is -0.150. The molecular weight excluding hydrogens is 362 g/mol. The summed E-state index contributed by atoms with van der Waals surface area (Å²) in [6, 6.07) is 8.87. The quantitative estimate of drug-likeness (QED) is 0.759. The lowest BCUT2D eigenvalue weighted by Gasteiger charge is -2.23. The van der Waals surface area contributed by atoms with Gasteiger partial charge in [-0.1, -0.05) is 12.1 Å². The second kappa shape index (κ2) is 8.84. The van der Waals surface area contributed by atoms with E-state index in [1.54, 1.807) is 12.1 Å². The number of amides is 1. The smallest absolute Gasteiger partial charge is 0.262 e. The van der Waals surface area contributed by atoms with Crippen molar-refractivity contribution in [2.45, 2.75) is 25.4 Å². The zero-order valence-corrected chi connectivity index (χ0v) is 16.3. The van der Waals surface area contributed by atoms with E-state index in [2.05, 4.69) is 5.32 Å². The standard InChI is InChI=1S/C21H25NO6/c1-25-18-10-13(11-19(26-2)21(18)27-3)22-20(24)12-28-17-9-5-6-14-15(17)7-4-8-16(14)23/h5-6,9-11,16,23H,4,7-8,12H2,1-3H3,(H,22,24). The van der Waals surface area contributed by atoms with Crippen LogP contribution in [-0.2, 0) is 11.2 Å². The molecule has 7 heteroatoms. The van der Waals surface area contributed by atoms with Gasteiger partial charge in [0.15, 0.2) is 18.1 Å². The van der Waals surface area contributed by atoms with Gasteiger partial charge in [-0.25, -0.2) is 0 Å². The molecule has 0 aliphatic heterocycles. The van der Waals surface area contributed by atoms with Crippen LogP contribution in [0.2, 0.25) is 0 Å². The Hall–Kier alpha value is -2.93. The fourth-order valence-electron chi connectivity index (χ4n) is 3.42. The van der Waals surface area contributed by atoms with Gasteiger partial charge in [0.05, 0.1) is 27.4 Å². The number of benzene rings is 2. The van der Waals surface area contributed by atoms with Crippen molar-refractivity contribution in [2.75, 3.05) is 33.3 Å². The van der Waals surface area contributed by atoms with Gasteiger partial charge in [-0.3, -0.25) is 4.79 Å². The lowest BCUT2D eigenvalue weighted by atomic mass is 9.89. The molecule has 1 aliphatic carbocycles. The molecule has 1 aliphatic rings. The van der Waals surface area contributed by atoms with Gasteiger partial charge in [0.2, 0.25) is 5.75 Å². The Bertz CT molecular complexity index is 826. The number of aliphatic hydroxyl groups excluding tert-OH is 1. The molecule has 28 heavy (non-hydrogen) atoms. The second-order valence-electron chi connectivity index (χ2n) is 6.48. The number of carbonyl (C=O) groups is 1. The van der Waals surface area contributed by atoms with Gasteiger partial charge < -0.3 is 29.4 Å². The third kappa shape index (κ3) is 4.14. The summed E-state index contributed by atoms with van der Waals surface area (Å²) in [5.41, 5.74) is 2.37. The minimum absolute atomic E-state index is 0.150. The minimum atomic E-state index is -0.472. The van der Waals surface area contributed by atoms with Gasteiger partial charge in [-0.05, 0) is 36.5 Å². The van der Waals surface area contributed by atoms with Crippen molar-refractivity contribution in [2.24, 2.45) is 0 Å². The van der Waals surface area contributed by atoms with Crippen LogP contribution in [0.4, 0.5) is 5.69 Å². The molecule has 0 radical (unpaired) electrons. The second-order valence-corrected chi connectivity index (χ2v) is 6.48. The van der Waals surface area contributed by atoms with E-state index in [1.807, 2.05) is 18.2 Å². The number of anilines is 1. The van der Waals surface area contributed by atoms with Crippen molar-refractivity contribution in [1.82, 2.24) is 0 Å². The van der Waals surface area contributed by atoms with Crippen LogP contribution in [0.3, 0.4) is 0 Å². The van der Waals surface area contributed by atoms with Gasteiger partial charge in [0.1, 0.15) is 5.75 Å². The number of rotatable bonds is 7. The molecule has 1 amide bonds. The lowest BCUT2D eigenvalue weighted by molar-refractivity contribution is -0.118. The van der Waals surface area contributed by atoms with E-state index in [9.17, 15) is 9.90 Å². The zero-order chi connectivity index (χ0) is 20.1. The minimum Gasteiger partial charge on any atom is -0.493 e. The molecule has 1 atom stereocenters. The highest BCUT2D eigenvalue weighted by molar-refractivity contribution is 5.92. The maximum absolute atomic E-state index is 12.4. The Balaban J connectivity index is 1.70. The number of ether oxygens (including phenoxy) is 4. The van der Waals surface area contributed by atoms with Gasteiger partial charge in [-0.2, -0.15) is 0 Å². The molecule has 7 nitrogen and oxygen atoms in total. The Morgan fingerprint density at radius 3 is 2.46 bits per heavy atom. The highest BCUT2D eigenvalue weighted by atomic mass is 16.5. The van der Waals surface area contributed by atoms with Crippen LogP contribution in [0.25, 0.3) is 0 Å². The topological polar surface area (TPSA) is 86.3 Å².